The molecule has 0 radical (unpaired) electrons. The zero-order valence-electron chi connectivity index (χ0n) is 12.9. The van der Waals surface area contributed by atoms with Crippen LogP contribution in [0.4, 0.5) is 0 Å². The van der Waals surface area contributed by atoms with Gasteiger partial charge in [-0.1, -0.05) is 39.0 Å². The maximum atomic E-state index is 5.69. The summed E-state index contributed by atoms with van der Waals surface area (Å²) in [6.45, 7) is 11.6. The van der Waals surface area contributed by atoms with Crippen LogP contribution in [-0.2, 0) is 4.74 Å². The lowest BCUT2D eigenvalue weighted by molar-refractivity contribution is 0.191. The van der Waals surface area contributed by atoms with Gasteiger partial charge in [-0.15, -0.1) is 0 Å². The van der Waals surface area contributed by atoms with Gasteiger partial charge in [0.25, 0.3) is 5.17 Å². The van der Waals surface area contributed by atoms with Crippen molar-refractivity contribution in [1.82, 2.24) is 4.90 Å². The van der Waals surface area contributed by atoms with E-state index in [9.17, 15) is 0 Å². The van der Waals surface area contributed by atoms with Crippen LogP contribution in [-0.4, -0.2) is 28.8 Å². The molecule has 0 saturated heterocycles. The van der Waals surface area contributed by atoms with Crippen LogP contribution in [0.5, 0.6) is 0 Å². The summed E-state index contributed by atoms with van der Waals surface area (Å²) in [6, 6.07) is 0.809. The van der Waals surface area contributed by atoms with Crippen molar-refractivity contribution in [2.75, 3.05) is 6.61 Å². The van der Waals surface area contributed by atoms with Crippen molar-refractivity contribution in [1.29, 1.82) is 0 Å². The molecule has 0 atom stereocenters. The molecule has 0 saturated carbocycles. The van der Waals surface area contributed by atoms with E-state index in [-0.39, 0.29) is 0 Å². The average Bonchev–Trinajstić information content (AvgIpc) is 2.26. The minimum atomic E-state index is 0.405. The Bertz CT molecular complexity index is 209. The first kappa shape index (κ1) is 17.7. The molecule has 0 heterocycles. The highest BCUT2D eigenvalue weighted by molar-refractivity contribution is 7.80. The summed E-state index contributed by atoms with van der Waals surface area (Å²) in [4.78, 5) is 2.16. The Labute approximate surface area is 119 Å². The van der Waals surface area contributed by atoms with Crippen LogP contribution in [0.2, 0.25) is 0 Å². The standard InChI is InChI=1S/C15H31NOS/c1-6-7-8-9-10-11-12-17-15(18)16(13(2)3)14(4)5/h13-14H,6-12H2,1-5H3. The fraction of sp³-hybridized carbons (Fsp3) is 0.933. The fourth-order valence-corrected chi connectivity index (χ4v) is 2.64. The van der Waals surface area contributed by atoms with E-state index in [2.05, 4.69) is 39.5 Å². The smallest absolute Gasteiger partial charge is 0.259 e. The third kappa shape index (κ3) is 7.91. The maximum absolute atomic E-state index is 5.69. The molecular formula is C15H31NOS. The van der Waals surface area contributed by atoms with Gasteiger partial charge in [0.05, 0.1) is 6.61 Å². The van der Waals surface area contributed by atoms with E-state index >= 15 is 0 Å². The molecule has 108 valence electrons. The highest BCUT2D eigenvalue weighted by atomic mass is 32.1. The van der Waals surface area contributed by atoms with Crippen molar-refractivity contribution in [3.05, 3.63) is 0 Å². The Hall–Kier alpha value is -0.310. The van der Waals surface area contributed by atoms with Crippen LogP contribution in [0.25, 0.3) is 0 Å². The SMILES string of the molecule is CCCCCCCCOC(=S)N(C(C)C)C(C)C. The number of hydrogen-bond donors (Lipinski definition) is 0. The van der Waals surface area contributed by atoms with Gasteiger partial charge < -0.3 is 9.64 Å². The molecule has 0 aromatic heterocycles. The topological polar surface area (TPSA) is 12.5 Å². The highest BCUT2D eigenvalue weighted by Crippen LogP contribution is 2.09. The summed E-state index contributed by atoms with van der Waals surface area (Å²) < 4.78 is 5.69. The monoisotopic (exact) mass is 273 g/mol. The van der Waals surface area contributed by atoms with Crippen LogP contribution in [0.1, 0.15) is 73.1 Å². The summed E-state index contributed by atoms with van der Waals surface area (Å²) in [6.07, 6.45) is 7.71. The molecule has 2 nitrogen and oxygen atoms in total. The van der Waals surface area contributed by atoms with E-state index in [0.717, 1.165) is 13.0 Å². The third-order valence-electron chi connectivity index (χ3n) is 3.05. The second-order valence-corrected chi connectivity index (χ2v) is 5.83. The molecule has 0 aliphatic heterocycles. The molecule has 0 N–H and O–H groups in total. The number of nitrogens with zero attached hydrogens (tertiary/aromatic N) is 1. The van der Waals surface area contributed by atoms with Gasteiger partial charge in [0.1, 0.15) is 0 Å². The van der Waals surface area contributed by atoms with Gasteiger partial charge in [-0.2, -0.15) is 0 Å². The lowest BCUT2D eigenvalue weighted by atomic mass is 10.1. The van der Waals surface area contributed by atoms with Crippen LogP contribution in [0.15, 0.2) is 0 Å². The van der Waals surface area contributed by atoms with E-state index < -0.39 is 0 Å². The summed E-state index contributed by atoms with van der Waals surface area (Å²) in [5, 5.41) is 0.661. The first-order valence-electron chi connectivity index (χ1n) is 7.45. The maximum Gasteiger partial charge on any atom is 0.259 e. The largest absolute Gasteiger partial charge is 0.471 e. The molecule has 0 spiro atoms. The molecular weight excluding hydrogens is 242 g/mol. The van der Waals surface area contributed by atoms with Crippen molar-refractivity contribution in [2.45, 2.75) is 85.2 Å². The molecule has 0 bridgehead atoms. The van der Waals surface area contributed by atoms with Gasteiger partial charge in [0.2, 0.25) is 0 Å². The number of hydrogen-bond acceptors (Lipinski definition) is 2. The fourth-order valence-electron chi connectivity index (χ4n) is 2.13. The number of ether oxygens (including phenoxy) is 1. The molecule has 0 rings (SSSR count). The second kappa shape index (κ2) is 10.6. The van der Waals surface area contributed by atoms with E-state index in [1.165, 1.54) is 32.1 Å². The quantitative estimate of drug-likeness (QED) is 0.443. The summed E-state index contributed by atoms with van der Waals surface area (Å²) >= 11 is 5.35. The Kier molecular flexibility index (Phi) is 10.4. The molecule has 0 amide bonds. The molecule has 0 aromatic carbocycles. The Morgan fingerprint density at radius 2 is 1.44 bits per heavy atom. The van der Waals surface area contributed by atoms with E-state index in [1.807, 2.05) is 0 Å². The first-order chi connectivity index (χ1) is 8.50. The number of rotatable bonds is 9. The minimum Gasteiger partial charge on any atom is -0.471 e. The molecule has 3 heteroatoms. The van der Waals surface area contributed by atoms with Crippen LogP contribution >= 0.6 is 12.2 Å². The van der Waals surface area contributed by atoms with Gasteiger partial charge in [-0.05, 0) is 46.3 Å². The average molecular weight is 273 g/mol. The third-order valence-corrected chi connectivity index (χ3v) is 3.38. The van der Waals surface area contributed by atoms with Crippen LogP contribution in [0.3, 0.4) is 0 Å². The van der Waals surface area contributed by atoms with Crippen molar-refractivity contribution in [3.63, 3.8) is 0 Å². The van der Waals surface area contributed by atoms with Gasteiger partial charge in [0, 0.05) is 12.1 Å². The van der Waals surface area contributed by atoms with E-state index in [1.54, 1.807) is 0 Å². The first-order valence-corrected chi connectivity index (χ1v) is 7.86. The molecule has 0 aromatic rings. The van der Waals surface area contributed by atoms with Crippen molar-refractivity contribution < 1.29 is 4.74 Å². The lowest BCUT2D eigenvalue weighted by Gasteiger charge is -2.32. The molecule has 0 aliphatic rings. The summed E-state index contributed by atoms with van der Waals surface area (Å²) in [7, 11) is 0. The van der Waals surface area contributed by atoms with E-state index in [4.69, 9.17) is 17.0 Å². The Morgan fingerprint density at radius 1 is 0.944 bits per heavy atom. The van der Waals surface area contributed by atoms with E-state index in [0.29, 0.717) is 17.3 Å². The van der Waals surface area contributed by atoms with Crippen molar-refractivity contribution in [3.8, 4) is 0 Å². The van der Waals surface area contributed by atoms with Gasteiger partial charge in [-0.25, -0.2) is 0 Å². The molecule has 18 heavy (non-hydrogen) atoms. The van der Waals surface area contributed by atoms with Crippen LogP contribution in [0, 0.1) is 0 Å². The van der Waals surface area contributed by atoms with Crippen molar-refractivity contribution in [2.24, 2.45) is 0 Å². The number of unbranched alkanes of at least 4 members (excludes halogenated alkanes) is 5. The Balaban J connectivity index is 3.69. The summed E-state index contributed by atoms with van der Waals surface area (Å²) in [5.74, 6) is 0. The molecule has 0 fully saturated rings. The Morgan fingerprint density at radius 3 is 1.94 bits per heavy atom. The zero-order valence-corrected chi connectivity index (χ0v) is 13.7. The normalized spacial score (nSPS) is 11.1. The lowest BCUT2D eigenvalue weighted by Crippen LogP contribution is -2.42. The van der Waals surface area contributed by atoms with Gasteiger partial charge >= 0.3 is 0 Å². The predicted molar refractivity (Wildman–Crippen MR) is 84.0 cm³/mol. The summed E-state index contributed by atoms with van der Waals surface area (Å²) in [5.41, 5.74) is 0. The second-order valence-electron chi connectivity index (χ2n) is 5.48. The van der Waals surface area contributed by atoms with Gasteiger partial charge in [-0.3, -0.25) is 0 Å². The predicted octanol–water partition coefficient (Wildman–Crippen LogP) is 4.77. The van der Waals surface area contributed by atoms with Gasteiger partial charge in [0.15, 0.2) is 0 Å². The molecule has 0 aliphatic carbocycles. The molecule has 0 unspecified atom stereocenters. The highest BCUT2D eigenvalue weighted by Gasteiger charge is 2.17. The van der Waals surface area contributed by atoms with Crippen LogP contribution < -0.4 is 0 Å². The minimum absolute atomic E-state index is 0.405. The van der Waals surface area contributed by atoms with Crippen molar-refractivity contribution >= 4 is 17.4 Å². The zero-order chi connectivity index (χ0) is 14.0. The number of thiocarbonyl (C=S) groups is 1.